The van der Waals surface area contributed by atoms with Gasteiger partial charge in [-0.25, -0.2) is 13.4 Å². The summed E-state index contributed by atoms with van der Waals surface area (Å²) in [6, 6.07) is 11.9. The number of carbonyl (C=O) groups excluding carboxylic acids is 1. The maximum absolute atomic E-state index is 11.5. The Kier molecular flexibility index (Phi) is 4.33. The number of thioether (sulfide) groups is 1. The van der Waals surface area contributed by atoms with Gasteiger partial charge in [-0.15, -0.1) is 11.8 Å². The molecule has 1 amide bonds. The van der Waals surface area contributed by atoms with Gasteiger partial charge in [0.05, 0.1) is 21.7 Å². The van der Waals surface area contributed by atoms with E-state index in [1.54, 1.807) is 36.4 Å². The number of aromatic amines is 1. The van der Waals surface area contributed by atoms with Gasteiger partial charge < -0.3 is 10.7 Å². The third-order valence-electron chi connectivity index (χ3n) is 3.45. The van der Waals surface area contributed by atoms with Crippen molar-refractivity contribution >= 4 is 38.5 Å². The molecule has 8 heteroatoms. The van der Waals surface area contributed by atoms with Gasteiger partial charge in [-0.3, -0.25) is 4.79 Å². The van der Waals surface area contributed by atoms with Gasteiger partial charge in [0, 0.05) is 11.2 Å². The van der Waals surface area contributed by atoms with Crippen LogP contribution in [0.1, 0.15) is 16.2 Å². The molecule has 1 aromatic heterocycles. The van der Waals surface area contributed by atoms with Gasteiger partial charge in [0.25, 0.3) is 5.91 Å². The summed E-state index contributed by atoms with van der Waals surface area (Å²) in [5, 5.41) is 0. The van der Waals surface area contributed by atoms with Gasteiger partial charge in [0.2, 0.25) is 0 Å². The van der Waals surface area contributed by atoms with Crippen molar-refractivity contribution in [1.29, 1.82) is 0 Å². The van der Waals surface area contributed by atoms with Crippen molar-refractivity contribution in [1.82, 2.24) is 9.97 Å². The van der Waals surface area contributed by atoms with E-state index in [1.807, 2.05) is 6.07 Å². The van der Waals surface area contributed by atoms with Crippen LogP contribution in [0, 0.1) is 0 Å². The second-order valence-corrected chi connectivity index (χ2v) is 8.35. The molecule has 24 heavy (non-hydrogen) atoms. The molecule has 124 valence electrons. The summed E-state index contributed by atoms with van der Waals surface area (Å²) in [5.74, 6) is 0.768. The lowest BCUT2D eigenvalue weighted by molar-refractivity contribution is 0.100. The zero-order chi connectivity index (χ0) is 17.3. The zero-order valence-electron chi connectivity index (χ0n) is 12.8. The lowest BCUT2D eigenvalue weighted by Gasteiger charge is -2.01. The number of hydrogen-bond acceptors (Lipinski definition) is 5. The summed E-state index contributed by atoms with van der Waals surface area (Å²) in [6.07, 6.45) is 1.18. The number of carbonyl (C=O) groups is 1. The number of nitrogens with two attached hydrogens (primary N) is 1. The molecule has 2 aromatic carbocycles. The minimum Gasteiger partial charge on any atom is -0.366 e. The predicted octanol–water partition coefficient (Wildman–Crippen LogP) is 2.36. The van der Waals surface area contributed by atoms with E-state index in [1.165, 1.54) is 18.0 Å². The highest BCUT2D eigenvalue weighted by Gasteiger charge is 2.11. The molecular formula is C16H15N3O3S2. The average Bonchev–Trinajstić information content (AvgIpc) is 2.95. The topological polar surface area (TPSA) is 106 Å². The maximum Gasteiger partial charge on any atom is 0.250 e. The van der Waals surface area contributed by atoms with Crippen molar-refractivity contribution in [2.24, 2.45) is 5.73 Å². The Morgan fingerprint density at radius 3 is 2.54 bits per heavy atom. The van der Waals surface area contributed by atoms with E-state index in [2.05, 4.69) is 9.97 Å². The monoisotopic (exact) mass is 361 g/mol. The fourth-order valence-electron chi connectivity index (χ4n) is 2.29. The molecule has 0 saturated carbocycles. The number of H-pyrrole nitrogens is 1. The maximum atomic E-state index is 11.5. The zero-order valence-corrected chi connectivity index (χ0v) is 14.4. The third-order valence-corrected chi connectivity index (χ3v) is 5.61. The molecular weight excluding hydrogens is 346 g/mol. The number of rotatable bonds is 5. The number of sulfone groups is 1. The SMILES string of the molecule is CS(=O)(=O)c1ccc(SCc2nc3c(C(N)=O)cccc3[nH]2)cc1. The van der Waals surface area contributed by atoms with Crippen molar-refractivity contribution in [3.8, 4) is 0 Å². The molecule has 6 nitrogen and oxygen atoms in total. The first kappa shape index (κ1) is 16.5. The van der Waals surface area contributed by atoms with Crippen LogP contribution in [0.15, 0.2) is 52.3 Å². The summed E-state index contributed by atoms with van der Waals surface area (Å²) in [4.78, 5) is 20.2. The number of amides is 1. The molecule has 0 radical (unpaired) electrons. The number of benzene rings is 2. The molecule has 0 aliphatic heterocycles. The fraction of sp³-hybridized carbons (Fsp3) is 0.125. The first-order chi connectivity index (χ1) is 11.3. The average molecular weight is 361 g/mol. The Hall–Kier alpha value is -2.32. The Balaban J connectivity index is 1.79. The molecule has 0 fully saturated rings. The highest BCUT2D eigenvalue weighted by Crippen LogP contribution is 2.25. The number of aromatic nitrogens is 2. The van der Waals surface area contributed by atoms with Crippen LogP contribution < -0.4 is 5.73 Å². The minimum absolute atomic E-state index is 0.293. The number of nitrogens with one attached hydrogen (secondary N) is 1. The minimum atomic E-state index is -3.19. The molecule has 3 aromatic rings. The Labute approximate surface area is 143 Å². The molecule has 0 bridgehead atoms. The van der Waals surface area contributed by atoms with Crippen LogP contribution in [-0.2, 0) is 15.6 Å². The Bertz CT molecular complexity index is 1010. The second-order valence-electron chi connectivity index (χ2n) is 5.28. The predicted molar refractivity (Wildman–Crippen MR) is 93.7 cm³/mol. The summed E-state index contributed by atoms with van der Waals surface area (Å²) >= 11 is 1.52. The molecule has 3 rings (SSSR count). The van der Waals surface area contributed by atoms with E-state index in [0.29, 0.717) is 21.7 Å². The van der Waals surface area contributed by atoms with E-state index in [4.69, 9.17) is 5.73 Å². The van der Waals surface area contributed by atoms with Gasteiger partial charge in [-0.2, -0.15) is 0 Å². The van der Waals surface area contributed by atoms with Gasteiger partial charge >= 0.3 is 0 Å². The van der Waals surface area contributed by atoms with Crippen molar-refractivity contribution in [2.75, 3.05) is 6.26 Å². The molecule has 0 atom stereocenters. The van der Waals surface area contributed by atoms with Gasteiger partial charge in [0.1, 0.15) is 11.3 Å². The molecule has 0 unspecified atom stereocenters. The smallest absolute Gasteiger partial charge is 0.250 e. The molecule has 3 N–H and O–H groups in total. The van der Waals surface area contributed by atoms with Crippen molar-refractivity contribution in [3.63, 3.8) is 0 Å². The number of fused-ring (bicyclic) bond motifs is 1. The van der Waals surface area contributed by atoms with Crippen molar-refractivity contribution < 1.29 is 13.2 Å². The highest BCUT2D eigenvalue weighted by atomic mass is 32.2. The van der Waals surface area contributed by atoms with Gasteiger partial charge in [-0.1, -0.05) is 6.07 Å². The summed E-state index contributed by atoms with van der Waals surface area (Å²) in [5.41, 5.74) is 7.06. The number of para-hydroxylation sites is 1. The highest BCUT2D eigenvalue weighted by molar-refractivity contribution is 7.98. The van der Waals surface area contributed by atoms with Gasteiger partial charge in [0.15, 0.2) is 9.84 Å². The molecule has 0 saturated heterocycles. The van der Waals surface area contributed by atoms with E-state index < -0.39 is 15.7 Å². The standard InChI is InChI=1S/C16H15N3O3S2/c1-24(21,22)11-7-5-10(6-8-11)23-9-14-18-13-4-2-3-12(16(17)20)15(13)19-14/h2-8H,9H2,1H3,(H2,17,20)(H,18,19). The summed E-state index contributed by atoms with van der Waals surface area (Å²) < 4.78 is 22.9. The normalized spacial score (nSPS) is 11.7. The lowest BCUT2D eigenvalue weighted by atomic mass is 10.2. The van der Waals surface area contributed by atoms with Crippen LogP contribution in [0.5, 0.6) is 0 Å². The lowest BCUT2D eigenvalue weighted by Crippen LogP contribution is -2.11. The Morgan fingerprint density at radius 1 is 1.21 bits per heavy atom. The van der Waals surface area contributed by atoms with Crippen LogP contribution in [0.2, 0.25) is 0 Å². The van der Waals surface area contributed by atoms with E-state index >= 15 is 0 Å². The third kappa shape index (κ3) is 3.44. The second kappa shape index (κ2) is 6.29. The molecule has 0 spiro atoms. The number of imidazole rings is 1. The summed E-state index contributed by atoms with van der Waals surface area (Å²) in [6.45, 7) is 0. The fourth-order valence-corrected chi connectivity index (χ4v) is 3.68. The summed E-state index contributed by atoms with van der Waals surface area (Å²) in [7, 11) is -3.19. The van der Waals surface area contributed by atoms with Crippen LogP contribution in [-0.4, -0.2) is 30.5 Å². The van der Waals surface area contributed by atoms with E-state index in [9.17, 15) is 13.2 Å². The Morgan fingerprint density at radius 2 is 1.92 bits per heavy atom. The number of nitrogens with zero attached hydrogens (tertiary/aromatic N) is 1. The van der Waals surface area contributed by atoms with Crippen molar-refractivity contribution in [3.05, 3.63) is 53.9 Å². The molecule has 0 aliphatic rings. The van der Waals surface area contributed by atoms with Gasteiger partial charge in [-0.05, 0) is 36.4 Å². The van der Waals surface area contributed by atoms with E-state index in [-0.39, 0.29) is 0 Å². The van der Waals surface area contributed by atoms with Crippen LogP contribution in [0.3, 0.4) is 0 Å². The molecule has 1 heterocycles. The van der Waals surface area contributed by atoms with Crippen LogP contribution >= 0.6 is 11.8 Å². The van der Waals surface area contributed by atoms with Crippen molar-refractivity contribution in [2.45, 2.75) is 15.5 Å². The number of primary amides is 1. The number of hydrogen-bond donors (Lipinski definition) is 2. The molecule has 0 aliphatic carbocycles. The van der Waals surface area contributed by atoms with E-state index in [0.717, 1.165) is 16.2 Å². The largest absolute Gasteiger partial charge is 0.366 e. The quantitative estimate of drug-likeness (QED) is 0.679. The van der Waals surface area contributed by atoms with Crippen LogP contribution in [0.4, 0.5) is 0 Å². The van der Waals surface area contributed by atoms with Crippen LogP contribution in [0.25, 0.3) is 11.0 Å². The first-order valence-corrected chi connectivity index (χ1v) is 9.92. The first-order valence-electron chi connectivity index (χ1n) is 7.05.